The summed E-state index contributed by atoms with van der Waals surface area (Å²) in [5.41, 5.74) is 9.04. The fourth-order valence-electron chi connectivity index (χ4n) is 3.11. The van der Waals surface area contributed by atoms with Crippen LogP contribution in [0.3, 0.4) is 0 Å². The Balaban J connectivity index is 1.73. The number of nitrogens with zero attached hydrogens (tertiary/aromatic N) is 1. The van der Waals surface area contributed by atoms with Crippen molar-refractivity contribution in [3.05, 3.63) is 77.9 Å². The number of aromatic carboxylic acids is 1. The summed E-state index contributed by atoms with van der Waals surface area (Å²) in [6, 6.07) is 19.6. The maximum atomic E-state index is 12.7. The molecule has 0 fully saturated rings. The number of carboxylic acid groups (broad SMARTS) is 1. The summed E-state index contributed by atoms with van der Waals surface area (Å²) in [4.78, 5) is 28.5. The van der Waals surface area contributed by atoms with Crippen molar-refractivity contribution in [2.45, 2.75) is 25.6 Å². The number of carbonyl (C=O) groups is 2. The Morgan fingerprint density at radius 1 is 1.12 bits per heavy atom. The second-order valence-electron chi connectivity index (χ2n) is 7.72. The molecule has 1 unspecified atom stereocenters. The van der Waals surface area contributed by atoms with E-state index in [9.17, 15) is 9.59 Å². The molecular weight excluding hydrogens is 452 g/mol. The third kappa shape index (κ3) is 6.97. The van der Waals surface area contributed by atoms with Crippen molar-refractivity contribution < 1.29 is 19.4 Å². The molecule has 2 aromatic carbocycles. The van der Waals surface area contributed by atoms with Gasteiger partial charge in [-0.3, -0.25) is 4.79 Å². The summed E-state index contributed by atoms with van der Waals surface area (Å²) in [6.45, 7) is 2.27. The van der Waals surface area contributed by atoms with Crippen LogP contribution in [0.1, 0.15) is 22.8 Å². The number of anilines is 1. The van der Waals surface area contributed by atoms with Gasteiger partial charge in [-0.05, 0) is 36.8 Å². The molecule has 1 aromatic heterocycles. The normalized spacial score (nSPS) is 12.4. The van der Waals surface area contributed by atoms with Crippen molar-refractivity contribution in [3.63, 3.8) is 0 Å². The molecular formula is C25H28N4O4S. The highest BCUT2D eigenvalue weighted by atomic mass is 32.1. The molecule has 178 valence electrons. The predicted molar refractivity (Wildman–Crippen MR) is 135 cm³/mol. The Labute approximate surface area is 204 Å². The number of carbonyl (C=O) groups excluding carboxylic acids is 1. The van der Waals surface area contributed by atoms with Crippen LogP contribution in [0.2, 0.25) is 0 Å². The van der Waals surface area contributed by atoms with E-state index in [1.807, 2.05) is 42.5 Å². The summed E-state index contributed by atoms with van der Waals surface area (Å²) in [5, 5.41) is 15.1. The number of aromatic nitrogens is 1. The molecule has 0 saturated heterocycles. The molecule has 0 aliphatic carbocycles. The predicted octanol–water partition coefficient (Wildman–Crippen LogP) is 3.20. The van der Waals surface area contributed by atoms with Crippen LogP contribution in [-0.4, -0.2) is 46.4 Å². The van der Waals surface area contributed by atoms with Gasteiger partial charge < -0.3 is 26.2 Å². The smallest absolute Gasteiger partial charge is 0.335 e. The lowest BCUT2D eigenvalue weighted by molar-refractivity contribution is -0.127. The highest BCUT2D eigenvalue weighted by Crippen LogP contribution is 2.28. The van der Waals surface area contributed by atoms with E-state index in [4.69, 9.17) is 15.6 Å². The van der Waals surface area contributed by atoms with Crippen molar-refractivity contribution in [2.24, 2.45) is 5.73 Å². The molecule has 0 bridgehead atoms. The summed E-state index contributed by atoms with van der Waals surface area (Å²) < 4.78 is 5.95. The van der Waals surface area contributed by atoms with Gasteiger partial charge in [0.1, 0.15) is 0 Å². The van der Waals surface area contributed by atoms with Crippen LogP contribution < -0.4 is 21.1 Å². The Morgan fingerprint density at radius 2 is 1.88 bits per heavy atom. The van der Waals surface area contributed by atoms with Gasteiger partial charge >= 0.3 is 5.97 Å². The third-order valence-corrected chi connectivity index (χ3v) is 5.49. The zero-order valence-corrected chi connectivity index (χ0v) is 19.7. The van der Waals surface area contributed by atoms with Crippen LogP contribution in [0.5, 0.6) is 5.88 Å². The molecule has 0 aliphatic heterocycles. The number of hydrogen-bond acceptors (Lipinski definition) is 7. The van der Waals surface area contributed by atoms with Crippen molar-refractivity contribution in [1.82, 2.24) is 10.3 Å². The van der Waals surface area contributed by atoms with Crippen LogP contribution >= 0.6 is 12.6 Å². The van der Waals surface area contributed by atoms with Gasteiger partial charge in [-0.2, -0.15) is 12.6 Å². The second kappa shape index (κ2) is 12.1. The van der Waals surface area contributed by atoms with Crippen molar-refractivity contribution in [1.29, 1.82) is 0 Å². The van der Waals surface area contributed by atoms with E-state index in [0.717, 1.165) is 5.56 Å². The Bertz CT molecular complexity index is 1130. The van der Waals surface area contributed by atoms with Gasteiger partial charge in [0.25, 0.3) is 5.91 Å². The lowest BCUT2D eigenvalue weighted by atomic mass is 10.1. The van der Waals surface area contributed by atoms with Crippen LogP contribution in [0.25, 0.3) is 11.3 Å². The maximum Gasteiger partial charge on any atom is 0.335 e. The molecule has 0 aliphatic rings. The first-order valence-electron chi connectivity index (χ1n) is 10.8. The van der Waals surface area contributed by atoms with E-state index >= 15 is 0 Å². The number of carboxylic acids is 1. The SMILES string of the molecule is C[C@@H](Oc1nc(-c2ccccc2)ccc1NCC(N)CS)C(=O)NCc1cccc(C(=O)O)c1. The number of pyridine rings is 1. The minimum Gasteiger partial charge on any atom is -0.478 e. The highest BCUT2D eigenvalue weighted by molar-refractivity contribution is 7.80. The van der Waals surface area contributed by atoms with Crippen LogP contribution in [-0.2, 0) is 11.3 Å². The van der Waals surface area contributed by atoms with Gasteiger partial charge in [0.15, 0.2) is 6.10 Å². The van der Waals surface area contributed by atoms with Gasteiger partial charge in [-0.25, -0.2) is 9.78 Å². The molecule has 0 radical (unpaired) electrons. The molecule has 3 rings (SSSR count). The lowest BCUT2D eigenvalue weighted by Crippen LogP contribution is -2.36. The fraction of sp³-hybridized carbons (Fsp3) is 0.240. The van der Waals surface area contributed by atoms with Crippen molar-refractivity contribution >= 4 is 30.2 Å². The molecule has 9 heteroatoms. The molecule has 0 saturated carbocycles. The molecule has 34 heavy (non-hydrogen) atoms. The first-order valence-corrected chi connectivity index (χ1v) is 11.4. The van der Waals surface area contributed by atoms with E-state index in [-0.39, 0.29) is 29.9 Å². The van der Waals surface area contributed by atoms with Crippen molar-refractivity contribution in [2.75, 3.05) is 17.6 Å². The van der Waals surface area contributed by atoms with E-state index < -0.39 is 12.1 Å². The zero-order valence-electron chi connectivity index (χ0n) is 18.8. The van der Waals surface area contributed by atoms with Gasteiger partial charge in [-0.1, -0.05) is 42.5 Å². The molecule has 1 amide bonds. The summed E-state index contributed by atoms with van der Waals surface area (Å²) in [5.74, 6) is -0.582. The molecule has 5 N–H and O–H groups in total. The monoisotopic (exact) mass is 480 g/mol. The minimum absolute atomic E-state index is 0.160. The van der Waals surface area contributed by atoms with E-state index in [1.165, 1.54) is 12.1 Å². The highest BCUT2D eigenvalue weighted by Gasteiger charge is 2.19. The molecule has 2 atom stereocenters. The average molecular weight is 481 g/mol. The molecule has 0 spiro atoms. The summed E-state index contributed by atoms with van der Waals surface area (Å²) in [7, 11) is 0. The number of amides is 1. The summed E-state index contributed by atoms with van der Waals surface area (Å²) >= 11 is 4.21. The zero-order chi connectivity index (χ0) is 24.5. The Kier molecular flexibility index (Phi) is 8.89. The molecule has 8 nitrogen and oxygen atoms in total. The number of hydrogen-bond donors (Lipinski definition) is 5. The number of rotatable bonds is 11. The Morgan fingerprint density at radius 3 is 2.59 bits per heavy atom. The topological polar surface area (TPSA) is 127 Å². The standard InChI is InChI=1S/C25H28N4O4S/c1-16(23(30)28-13-17-6-5-9-19(12-17)25(31)32)33-24-22(27-14-20(26)15-34)11-10-21(29-24)18-7-3-2-4-8-18/h2-12,16,20,27,34H,13-15,26H2,1H3,(H,28,30)(H,31,32)/t16-,20?/m1/s1. The first kappa shape index (κ1) is 25.1. The number of thiol groups is 1. The van der Waals surface area contributed by atoms with Gasteiger partial charge in [0, 0.05) is 30.4 Å². The van der Waals surface area contributed by atoms with E-state index in [0.29, 0.717) is 29.2 Å². The largest absolute Gasteiger partial charge is 0.478 e. The first-order chi connectivity index (χ1) is 16.4. The number of nitrogens with two attached hydrogens (primary N) is 1. The Hall–Kier alpha value is -3.56. The number of ether oxygens (including phenoxy) is 1. The van der Waals surface area contributed by atoms with Gasteiger partial charge in [0.05, 0.1) is 16.9 Å². The maximum absolute atomic E-state index is 12.7. The molecule has 1 heterocycles. The average Bonchev–Trinajstić information content (AvgIpc) is 2.86. The van der Waals surface area contributed by atoms with Gasteiger partial charge in [0.2, 0.25) is 5.88 Å². The molecule has 3 aromatic rings. The van der Waals surface area contributed by atoms with Gasteiger partial charge in [-0.15, -0.1) is 0 Å². The second-order valence-corrected chi connectivity index (χ2v) is 8.09. The van der Waals surface area contributed by atoms with Crippen molar-refractivity contribution in [3.8, 4) is 17.1 Å². The number of nitrogens with one attached hydrogen (secondary N) is 2. The van der Waals surface area contributed by atoms with E-state index in [1.54, 1.807) is 19.1 Å². The summed E-state index contributed by atoms with van der Waals surface area (Å²) in [6.07, 6.45) is -0.847. The fourth-order valence-corrected chi connectivity index (χ4v) is 3.24. The third-order valence-electron chi connectivity index (χ3n) is 5.02. The minimum atomic E-state index is -1.02. The number of benzene rings is 2. The van der Waals surface area contributed by atoms with Crippen LogP contribution in [0, 0.1) is 0 Å². The van der Waals surface area contributed by atoms with Crippen LogP contribution in [0.15, 0.2) is 66.7 Å². The lowest BCUT2D eigenvalue weighted by Gasteiger charge is -2.19. The van der Waals surface area contributed by atoms with Crippen LogP contribution in [0.4, 0.5) is 5.69 Å². The van der Waals surface area contributed by atoms with E-state index in [2.05, 4.69) is 28.2 Å². The quantitative estimate of drug-likeness (QED) is 0.267.